The van der Waals surface area contributed by atoms with Crippen LogP contribution in [0.25, 0.3) is 0 Å². The lowest BCUT2D eigenvalue weighted by Crippen LogP contribution is -2.15. The van der Waals surface area contributed by atoms with Gasteiger partial charge in [-0.1, -0.05) is 11.6 Å². The molecule has 8 heteroatoms. The molecule has 0 aliphatic carbocycles. The molecule has 3 N–H and O–H groups in total. The molecule has 0 aliphatic heterocycles. The second-order valence-electron chi connectivity index (χ2n) is 3.92. The third-order valence-corrected chi connectivity index (χ3v) is 4.16. The Morgan fingerprint density at radius 2 is 1.80 bits per heavy atom. The Balaban J connectivity index is 2.40. The number of nitrogens with one attached hydrogen (secondary N) is 1. The average molecular weight is 319 g/mol. The number of nitrogen functional groups attached to an aromatic ring is 1. The van der Waals surface area contributed by atoms with Gasteiger partial charge in [0.2, 0.25) is 0 Å². The topological polar surface area (TPSA) is 72.2 Å². The summed E-state index contributed by atoms with van der Waals surface area (Å²) in [6.07, 6.45) is 0. The van der Waals surface area contributed by atoms with Gasteiger partial charge in [-0.3, -0.25) is 4.72 Å². The van der Waals surface area contributed by atoms with Crippen molar-refractivity contribution in [2.24, 2.45) is 0 Å². The molecule has 106 valence electrons. The van der Waals surface area contributed by atoms with E-state index in [-0.39, 0.29) is 16.4 Å². The van der Waals surface area contributed by atoms with Crippen LogP contribution in [0.5, 0.6) is 0 Å². The molecular weight excluding hydrogens is 310 g/mol. The zero-order valence-corrected chi connectivity index (χ0v) is 11.5. The number of sulfonamides is 1. The molecule has 0 atom stereocenters. The van der Waals surface area contributed by atoms with E-state index < -0.39 is 26.6 Å². The van der Waals surface area contributed by atoms with Crippen LogP contribution in [0.1, 0.15) is 0 Å². The maximum absolute atomic E-state index is 13.5. The van der Waals surface area contributed by atoms with E-state index >= 15 is 0 Å². The molecule has 0 fully saturated rings. The molecule has 4 nitrogen and oxygen atoms in total. The zero-order valence-electron chi connectivity index (χ0n) is 9.90. The zero-order chi connectivity index (χ0) is 14.9. The first-order chi connectivity index (χ1) is 9.29. The van der Waals surface area contributed by atoms with Gasteiger partial charge >= 0.3 is 0 Å². The Bertz CT molecular complexity index is 766. The van der Waals surface area contributed by atoms with Crippen molar-refractivity contribution in [3.63, 3.8) is 0 Å². The predicted molar refractivity (Wildman–Crippen MR) is 73.0 cm³/mol. The molecule has 0 saturated carbocycles. The Hall–Kier alpha value is -1.86. The Morgan fingerprint density at radius 1 is 1.10 bits per heavy atom. The standard InChI is InChI=1S/C12H9ClF2N2O2S/c13-9-6-8(2-4-11(9)16)17-20(18,19)12-5-7(14)1-3-10(12)15/h1-6,17H,16H2. The summed E-state index contributed by atoms with van der Waals surface area (Å²) in [6, 6.07) is 6.18. The highest BCUT2D eigenvalue weighted by molar-refractivity contribution is 7.92. The van der Waals surface area contributed by atoms with E-state index in [0.717, 1.165) is 12.1 Å². The number of rotatable bonds is 3. The first kappa shape index (κ1) is 14.5. The van der Waals surface area contributed by atoms with Crippen molar-refractivity contribution in [1.29, 1.82) is 0 Å². The summed E-state index contributed by atoms with van der Waals surface area (Å²) in [6.45, 7) is 0. The van der Waals surface area contributed by atoms with Gasteiger partial charge in [-0.2, -0.15) is 0 Å². The lowest BCUT2D eigenvalue weighted by atomic mass is 10.3. The number of hydrogen-bond donors (Lipinski definition) is 2. The Morgan fingerprint density at radius 3 is 2.45 bits per heavy atom. The molecule has 0 aliphatic rings. The molecule has 2 aromatic rings. The molecule has 20 heavy (non-hydrogen) atoms. The van der Waals surface area contributed by atoms with Crippen molar-refractivity contribution in [1.82, 2.24) is 0 Å². The first-order valence-corrected chi connectivity index (χ1v) is 7.18. The summed E-state index contributed by atoms with van der Waals surface area (Å²) in [4.78, 5) is -0.787. The Kier molecular flexibility index (Phi) is 3.82. The molecule has 0 unspecified atom stereocenters. The van der Waals surface area contributed by atoms with Crippen molar-refractivity contribution >= 4 is 33.0 Å². The minimum atomic E-state index is -4.26. The van der Waals surface area contributed by atoms with Crippen LogP contribution in [0, 0.1) is 11.6 Å². The van der Waals surface area contributed by atoms with E-state index in [1.165, 1.54) is 18.2 Å². The molecule has 0 spiro atoms. The van der Waals surface area contributed by atoms with Crippen molar-refractivity contribution in [3.05, 3.63) is 53.1 Å². The van der Waals surface area contributed by atoms with Gasteiger partial charge in [0.25, 0.3) is 10.0 Å². The van der Waals surface area contributed by atoms with E-state index in [2.05, 4.69) is 4.72 Å². The molecular formula is C12H9ClF2N2O2S. The molecule has 0 aromatic heterocycles. The van der Waals surface area contributed by atoms with Gasteiger partial charge in [0.05, 0.1) is 16.4 Å². The fraction of sp³-hybridized carbons (Fsp3) is 0. The van der Waals surface area contributed by atoms with Gasteiger partial charge in [0.1, 0.15) is 16.5 Å². The summed E-state index contributed by atoms with van der Waals surface area (Å²) in [5.74, 6) is -1.91. The Labute approximate surface area is 119 Å². The quantitative estimate of drug-likeness (QED) is 0.854. The van der Waals surface area contributed by atoms with Crippen LogP contribution in [-0.2, 0) is 10.0 Å². The van der Waals surface area contributed by atoms with Crippen LogP contribution in [0.2, 0.25) is 5.02 Å². The molecule has 0 bridgehead atoms. The number of benzene rings is 2. The maximum atomic E-state index is 13.5. The van der Waals surface area contributed by atoms with Gasteiger partial charge < -0.3 is 5.73 Å². The third-order valence-electron chi connectivity index (χ3n) is 2.44. The van der Waals surface area contributed by atoms with Gasteiger partial charge in [0.15, 0.2) is 0 Å². The lowest BCUT2D eigenvalue weighted by Gasteiger charge is -2.10. The summed E-state index contributed by atoms with van der Waals surface area (Å²) in [7, 11) is -4.26. The van der Waals surface area contributed by atoms with Crippen molar-refractivity contribution in [2.75, 3.05) is 10.5 Å². The van der Waals surface area contributed by atoms with Crippen molar-refractivity contribution in [3.8, 4) is 0 Å². The summed E-state index contributed by atoms with van der Waals surface area (Å²) in [5.41, 5.74) is 5.85. The maximum Gasteiger partial charge on any atom is 0.264 e. The fourth-order valence-electron chi connectivity index (χ4n) is 1.48. The van der Waals surface area contributed by atoms with Crippen LogP contribution in [0.4, 0.5) is 20.2 Å². The minimum absolute atomic E-state index is 0.0906. The van der Waals surface area contributed by atoms with E-state index in [1.54, 1.807) is 0 Å². The normalized spacial score (nSPS) is 11.3. The number of hydrogen-bond acceptors (Lipinski definition) is 3. The van der Waals surface area contributed by atoms with E-state index in [4.69, 9.17) is 17.3 Å². The lowest BCUT2D eigenvalue weighted by molar-refractivity contribution is 0.555. The van der Waals surface area contributed by atoms with Crippen LogP contribution < -0.4 is 10.5 Å². The summed E-state index contributed by atoms with van der Waals surface area (Å²) in [5, 5.41) is 0.143. The summed E-state index contributed by atoms with van der Waals surface area (Å²) < 4.78 is 52.6. The SMILES string of the molecule is Nc1ccc(NS(=O)(=O)c2cc(F)ccc2F)cc1Cl. The second kappa shape index (κ2) is 5.26. The first-order valence-electron chi connectivity index (χ1n) is 5.32. The highest BCUT2D eigenvalue weighted by Crippen LogP contribution is 2.25. The average Bonchev–Trinajstić information content (AvgIpc) is 2.36. The van der Waals surface area contributed by atoms with Crippen LogP contribution >= 0.6 is 11.6 Å². The highest BCUT2D eigenvalue weighted by atomic mass is 35.5. The molecule has 0 saturated heterocycles. The van der Waals surface area contributed by atoms with E-state index in [1.807, 2.05) is 0 Å². The number of anilines is 2. The van der Waals surface area contributed by atoms with E-state index in [9.17, 15) is 17.2 Å². The van der Waals surface area contributed by atoms with Crippen LogP contribution in [0.3, 0.4) is 0 Å². The molecule has 2 aromatic carbocycles. The van der Waals surface area contributed by atoms with Gasteiger partial charge in [-0.15, -0.1) is 0 Å². The largest absolute Gasteiger partial charge is 0.398 e. The smallest absolute Gasteiger partial charge is 0.264 e. The minimum Gasteiger partial charge on any atom is -0.398 e. The van der Waals surface area contributed by atoms with Gasteiger partial charge in [-0.25, -0.2) is 17.2 Å². The van der Waals surface area contributed by atoms with Crippen molar-refractivity contribution < 1.29 is 17.2 Å². The molecule has 0 heterocycles. The monoisotopic (exact) mass is 318 g/mol. The number of nitrogens with two attached hydrogens (primary N) is 1. The van der Waals surface area contributed by atoms with Crippen molar-refractivity contribution in [2.45, 2.75) is 4.90 Å². The highest BCUT2D eigenvalue weighted by Gasteiger charge is 2.20. The van der Waals surface area contributed by atoms with Gasteiger partial charge in [-0.05, 0) is 36.4 Å². The molecule has 0 amide bonds. The predicted octanol–water partition coefficient (Wildman–Crippen LogP) is 3.00. The molecule has 0 radical (unpaired) electrons. The van der Waals surface area contributed by atoms with Crippen LogP contribution in [0.15, 0.2) is 41.3 Å². The number of halogens is 3. The van der Waals surface area contributed by atoms with E-state index in [0.29, 0.717) is 6.07 Å². The summed E-state index contributed by atoms with van der Waals surface area (Å²) >= 11 is 5.75. The third kappa shape index (κ3) is 3.00. The van der Waals surface area contributed by atoms with Gasteiger partial charge in [0, 0.05) is 0 Å². The molecule has 2 rings (SSSR count). The second-order valence-corrected chi connectivity index (χ2v) is 5.97. The van der Waals surface area contributed by atoms with Crippen LogP contribution in [-0.4, -0.2) is 8.42 Å². The fourth-order valence-corrected chi connectivity index (χ4v) is 2.80.